The van der Waals surface area contributed by atoms with Crippen molar-refractivity contribution < 1.29 is 9.53 Å². The third-order valence-electron chi connectivity index (χ3n) is 6.86. The summed E-state index contributed by atoms with van der Waals surface area (Å²) in [5, 5.41) is 3.41. The molecule has 0 atom stereocenters. The van der Waals surface area contributed by atoms with Crippen molar-refractivity contribution in [3.63, 3.8) is 0 Å². The van der Waals surface area contributed by atoms with Crippen molar-refractivity contribution >= 4 is 28.4 Å². The molecule has 6 rings (SSSR count). The Kier molecular flexibility index (Phi) is 5.01. The topological polar surface area (TPSA) is 65.3 Å². The van der Waals surface area contributed by atoms with Crippen LogP contribution in [0.1, 0.15) is 47.5 Å². The molecular weight excluding hydrogens is 426 g/mol. The van der Waals surface area contributed by atoms with Crippen molar-refractivity contribution in [1.29, 1.82) is 0 Å². The van der Waals surface area contributed by atoms with Crippen LogP contribution in [0.2, 0.25) is 0 Å². The highest BCUT2D eigenvalue weighted by molar-refractivity contribution is 5.97. The summed E-state index contributed by atoms with van der Waals surface area (Å²) in [5.41, 5.74) is 5.84. The van der Waals surface area contributed by atoms with Gasteiger partial charge in [-0.05, 0) is 85.5 Å². The summed E-state index contributed by atoms with van der Waals surface area (Å²) >= 11 is 0. The Morgan fingerprint density at radius 1 is 0.971 bits per heavy atom. The average Bonchev–Trinajstić information content (AvgIpc) is 3.79. The van der Waals surface area contributed by atoms with Gasteiger partial charge in [-0.1, -0.05) is 24.3 Å². The highest BCUT2D eigenvalue weighted by Crippen LogP contribution is 2.41. The summed E-state index contributed by atoms with van der Waals surface area (Å²) in [6.45, 7) is 0.724. The number of benzene rings is 3. The van der Waals surface area contributed by atoms with Crippen LogP contribution in [0, 0.1) is 5.92 Å². The highest BCUT2D eigenvalue weighted by Gasteiger charge is 2.27. The fraction of sp³-hybridized carbons (Fsp3) is 0.286. The van der Waals surface area contributed by atoms with Crippen LogP contribution < -0.4 is 11.0 Å². The quantitative estimate of drug-likeness (QED) is 0.370. The average molecular weight is 454 g/mol. The Morgan fingerprint density at radius 2 is 1.76 bits per heavy atom. The standard InChI is InChI=1S/C28H27N3O3/c1-34-27(32)23-15-20(19-9-10-19)11-13-24(23)29-21-12-14-25-26(16-21)30(17-18-7-8-18)28(33)31(25)22-5-3-2-4-6-22/h2-6,11-16,18-19,29H,7-10,17H2,1H3. The second kappa shape index (κ2) is 8.20. The molecule has 34 heavy (non-hydrogen) atoms. The number of anilines is 2. The second-order valence-electron chi connectivity index (χ2n) is 9.41. The zero-order chi connectivity index (χ0) is 23.2. The molecule has 2 aliphatic rings. The van der Waals surface area contributed by atoms with Gasteiger partial charge in [0.25, 0.3) is 0 Å². The molecule has 1 N–H and O–H groups in total. The van der Waals surface area contributed by atoms with Crippen LogP contribution in [0.4, 0.5) is 11.4 Å². The van der Waals surface area contributed by atoms with E-state index in [0.717, 1.165) is 41.8 Å². The van der Waals surface area contributed by atoms with Crippen molar-refractivity contribution in [2.45, 2.75) is 38.1 Å². The summed E-state index contributed by atoms with van der Waals surface area (Å²) in [5.74, 6) is 0.750. The largest absolute Gasteiger partial charge is 0.465 e. The molecule has 2 saturated carbocycles. The molecule has 6 nitrogen and oxygen atoms in total. The maximum atomic E-state index is 13.5. The molecule has 3 aromatic carbocycles. The van der Waals surface area contributed by atoms with Gasteiger partial charge in [0.15, 0.2) is 0 Å². The molecule has 0 spiro atoms. The lowest BCUT2D eigenvalue weighted by molar-refractivity contribution is 0.0602. The van der Waals surface area contributed by atoms with E-state index < -0.39 is 0 Å². The van der Waals surface area contributed by atoms with Crippen LogP contribution in [0.5, 0.6) is 0 Å². The maximum absolute atomic E-state index is 13.5. The fourth-order valence-corrected chi connectivity index (χ4v) is 4.67. The molecule has 0 bridgehead atoms. The number of ether oxygens (including phenoxy) is 1. The number of hydrogen-bond donors (Lipinski definition) is 1. The summed E-state index contributed by atoms with van der Waals surface area (Å²) < 4.78 is 8.73. The predicted octanol–water partition coefficient (Wildman–Crippen LogP) is 5.61. The second-order valence-corrected chi connectivity index (χ2v) is 9.41. The van der Waals surface area contributed by atoms with Crippen molar-refractivity contribution in [1.82, 2.24) is 9.13 Å². The molecule has 0 unspecified atom stereocenters. The van der Waals surface area contributed by atoms with E-state index >= 15 is 0 Å². The fourth-order valence-electron chi connectivity index (χ4n) is 4.67. The molecule has 172 valence electrons. The van der Waals surface area contributed by atoms with Crippen LogP contribution in [0.15, 0.2) is 71.5 Å². The van der Waals surface area contributed by atoms with Gasteiger partial charge in [0.05, 0.1) is 35.1 Å². The first-order valence-corrected chi connectivity index (χ1v) is 11.9. The summed E-state index contributed by atoms with van der Waals surface area (Å²) in [7, 11) is 1.41. The Morgan fingerprint density at radius 3 is 2.47 bits per heavy atom. The molecule has 6 heteroatoms. The van der Waals surface area contributed by atoms with Crippen molar-refractivity contribution in [2.24, 2.45) is 5.92 Å². The highest BCUT2D eigenvalue weighted by atomic mass is 16.5. The third kappa shape index (κ3) is 3.79. The number of rotatable bonds is 7. The lowest BCUT2D eigenvalue weighted by Gasteiger charge is -2.13. The zero-order valence-corrected chi connectivity index (χ0v) is 19.2. The molecule has 2 aliphatic carbocycles. The molecular formula is C28H27N3O3. The number of fused-ring (bicyclic) bond motifs is 1. The summed E-state index contributed by atoms with van der Waals surface area (Å²) in [4.78, 5) is 26.0. The van der Waals surface area contributed by atoms with E-state index in [0.29, 0.717) is 23.1 Å². The normalized spacial score (nSPS) is 15.4. The van der Waals surface area contributed by atoms with Crippen LogP contribution in [-0.2, 0) is 11.3 Å². The lowest BCUT2D eigenvalue weighted by atomic mass is 10.0. The van der Waals surface area contributed by atoms with E-state index in [2.05, 4.69) is 11.4 Å². The molecule has 1 heterocycles. The van der Waals surface area contributed by atoms with E-state index in [9.17, 15) is 9.59 Å². The summed E-state index contributed by atoms with van der Waals surface area (Å²) in [6, 6.07) is 21.7. The smallest absolute Gasteiger partial charge is 0.339 e. The SMILES string of the molecule is COC(=O)c1cc(C2CC2)ccc1Nc1ccc2c(c1)n(CC1CC1)c(=O)n2-c1ccccc1. The molecule has 1 aromatic heterocycles. The maximum Gasteiger partial charge on any atom is 0.339 e. The monoisotopic (exact) mass is 453 g/mol. The van der Waals surface area contributed by atoms with Gasteiger partial charge in [-0.15, -0.1) is 0 Å². The van der Waals surface area contributed by atoms with Crippen molar-refractivity contribution in [3.05, 3.63) is 88.3 Å². The Balaban J connectivity index is 1.43. The predicted molar refractivity (Wildman–Crippen MR) is 133 cm³/mol. The van der Waals surface area contributed by atoms with Crippen LogP contribution in [0.25, 0.3) is 16.7 Å². The molecule has 0 amide bonds. The number of nitrogens with zero attached hydrogens (tertiary/aromatic N) is 2. The number of methoxy groups -OCH3 is 1. The van der Waals surface area contributed by atoms with Gasteiger partial charge >= 0.3 is 11.7 Å². The molecule has 0 radical (unpaired) electrons. The molecule has 0 saturated heterocycles. The van der Waals surface area contributed by atoms with Gasteiger partial charge in [0.1, 0.15) is 0 Å². The van der Waals surface area contributed by atoms with Gasteiger partial charge in [0.2, 0.25) is 0 Å². The van der Waals surface area contributed by atoms with Crippen LogP contribution in [-0.4, -0.2) is 22.2 Å². The molecule has 4 aromatic rings. The van der Waals surface area contributed by atoms with Gasteiger partial charge in [-0.3, -0.25) is 9.13 Å². The van der Waals surface area contributed by atoms with Crippen LogP contribution in [0.3, 0.4) is 0 Å². The van der Waals surface area contributed by atoms with Crippen molar-refractivity contribution in [2.75, 3.05) is 12.4 Å². The lowest BCUT2D eigenvalue weighted by Crippen LogP contribution is -2.23. The van der Waals surface area contributed by atoms with E-state index in [1.54, 1.807) is 4.57 Å². The molecule has 2 fully saturated rings. The number of nitrogens with one attached hydrogen (secondary N) is 1. The number of esters is 1. The first-order valence-electron chi connectivity index (χ1n) is 11.9. The third-order valence-corrected chi connectivity index (χ3v) is 6.86. The minimum atomic E-state index is -0.355. The Hall–Kier alpha value is -3.80. The first kappa shape index (κ1) is 20.8. The van der Waals surface area contributed by atoms with Gasteiger partial charge in [0, 0.05) is 12.2 Å². The molecule has 0 aliphatic heterocycles. The van der Waals surface area contributed by atoms with Gasteiger partial charge < -0.3 is 10.1 Å². The number of aromatic nitrogens is 2. The van der Waals surface area contributed by atoms with Gasteiger partial charge in [-0.25, -0.2) is 9.59 Å². The van der Waals surface area contributed by atoms with Crippen LogP contribution >= 0.6 is 0 Å². The minimum Gasteiger partial charge on any atom is -0.465 e. The van der Waals surface area contributed by atoms with E-state index in [-0.39, 0.29) is 11.7 Å². The van der Waals surface area contributed by atoms with E-state index in [4.69, 9.17) is 4.74 Å². The number of para-hydroxylation sites is 1. The number of hydrogen-bond acceptors (Lipinski definition) is 4. The zero-order valence-electron chi connectivity index (χ0n) is 19.2. The van der Waals surface area contributed by atoms with Gasteiger partial charge in [-0.2, -0.15) is 0 Å². The Labute approximate surface area is 197 Å². The minimum absolute atomic E-state index is 0.0192. The number of carbonyl (C=O) groups excluding carboxylic acids is 1. The van der Waals surface area contributed by atoms with E-state index in [1.807, 2.05) is 65.2 Å². The number of carbonyl (C=O) groups is 1. The number of imidazole rings is 1. The van der Waals surface area contributed by atoms with E-state index in [1.165, 1.54) is 25.5 Å². The summed E-state index contributed by atoms with van der Waals surface area (Å²) in [6.07, 6.45) is 4.67. The van der Waals surface area contributed by atoms with Crippen molar-refractivity contribution in [3.8, 4) is 5.69 Å². The first-order chi connectivity index (χ1) is 16.6. The Bertz CT molecular complexity index is 1440.